The Morgan fingerprint density at radius 1 is 1.00 bits per heavy atom. The van der Waals surface area contributed by atoms with Gasteiger partial charge in [0.15, 0.2) is 11.2 Å². The summed E-state index contributed by atoms with van der Waals surface area (Å²) in [5.74, 6) is 0.567. The Morgan fingerprint density at radius 2 is 1.64 bits per heavy atom. The van der Waals surface area contributed by atoms with Gasteiger partial charge in [-0.2, -0.15) is 5.26 Å². The van der Waals surface area contributed by atoms with Crippen LogP contribution in [0.15, 0.2) is 33.9 Å². The number of nitrogens with zero attached hydrogens (tertiary/aromatic N) is 5. The van der Waals surface area contributed by atoms with E-state index in [4.69, 9.17) is 5.26 Å². The summed E-state index contributed by atoms with van der Waals surface area (Å²) in [6.45, 7) is 0. The zero-order valence-electron chi connectivity index (χ0n) is 12.4. The average molecular weight is 295 g/mol. The van der Waals surface area contributed by atoms with E-state index in [1.165, 1.54) is 11.6 Å². The first-order chi connectivity index (χ1) is 10.5. The predicted molar refractivity (Wildman–Crippen MR) is 81.3 cm³/mol. The lowest BCUT2D eigenvalue weighted by molar-refractivity contribution is 0.705. The van der Waals surface area contributed by atoms with Gasteiger partial charge in [0.2, 0.25) is 0 Å². The molecule has 1 aromatic carbocycles. The van der Waals surface area contributed by atoms with E-state index in [2.05, 4.69) is 11.1 Å². The van der Waals surface area contributed by atoms with Gasteiger partial charge in [0.05, 0.1) is 11.6 Å². The average Bonchev–Trinajstić information content (AvgIpc) is 2.88. The molecule has 0 spiro atoms. The van der Waals surface area contributed by atoms with Crippen LogP contribution < -0.4 is 11.2 Å². The second kappa shape index (κ2) is 4.70. The largest absolute Gasteiger partial charge is 0.332 e. The van der Waals surface area contributed by atoms with Gasteiger partial charge < -0.3 is 4.57 Å². The van der Waals surface area contributed by atoms with Crippen molar-refractivity contribution in [1.82, 2.24) is 18.7 Å². The molecule has 0 amide bonds. The van der Waals surface area contributed by atoms with Crippen molar-refractivity contribution in [3.8, 4) is 17.5 Å². The molecule has 0 radical (unpaired) electrons. The van der Waals surface area contributed by atoms with Crippen molar-refractivity contribution in [2.24, 2.45) is 21.1 Å². The highest BCUT2D eigenvalue weighted by Gasteiger charge is 2.17. The molecule has 7 heteroatoms. The molecule has 0 atom stereocenters. The van der Waals surface area contributed by atoms with Gasteiger partial charge in [-0.25, -0.2) is 9.78 Å². The monoisotopic (exact) mass is 295 g/mol. The lowest BCUT2D eigenvalue weighted by Gasteiger charge is -2.03. The minimum absolute atomic E-state index is 0.343. The summed E-state index contributed by atoms with van der Waals surface area (Å²) >= 11 is 0. The highest BCUT2D eigenvalue weighted by molar-refractivity contribution is 5.76. The molecule has 110 valence electrons. The van der Waals surface area contributed by atoms with E-state index < -0.39 is 5.69 Å². The van der Waals surface area contributed by atoms with Crippen LogP contribution in [0.2, 0.25) is 0 Å². The van der Waals surface area contributed by atoms with E-state index in [1.54, 1.807) is 42.9 Å². The number of rotatable bonds is 1. The highest BCUT2D eigenvalue weighted by atomic mass is 16.2. The van der Waals surface area contributed by atoms with E-state index in [0.717, 1.165) is 10.1 Å². The molecule has 0 fully saturated rings. The highest BCUT2D eigenvalue weighted by Crippen LogP contribution is 2.21. The van der Waals surface area contributed by atoms with Crippen LogP contribution in [0, 0.1) is 11.3 Å². The quantitative estimate of drug-likeness (QED) is 0.654. The third-order valence-corrected chi connectivity index (χ3v) is 3.75. The fraction of sp³-hybridized carbons (Fsp3) is 0.200. The van der Waals surface area contributed by atoms with Gasteiger partial charge in [-0.3, -0.25) is 13.9 Å². The first-order valence-corrected chi connectivity index (χ1v) is 6.58. The molecule has 3 rings (SSSR count). The number of fused-ring (bicyclic) bond motifs is 1. The van der Waals surface area contributed by atoms with E-state index in [1.807, 2.05) is 0 Å². The van der Waals surface area contributed by atoms with Crippen LogP contribution in [0.25, 0.3) is 22.6 Å². The van der Waals surface area contributed by atoms with Crippen LogP contribution in [0.1, 0.15) is 5.56 Å². The SMILES string of the molecule is Cn1c(=O)c2c(nc(-c3ccc(C#N)cc3)n2C)n(C)c1=O. The number of nitriles is 1. The molecule has 0 aliphatic carbocycles. The normalized spacial score (nSPS) is 10.8. The Hall–Kier alpha value is -3.14. The van der Waals surface area contributed by atoms with E-state index >= 15 is 0 Å². The van der Waals surface area contributed by atoms with Crippen LogP contribution in [-0.4, -0.2) is 18.7 Å². The summed E-state index contributed by atoms with van der Waals surface area (Å²) in [5, 5.41) is 8.85. The van der Waals surface area contributed by atoms with Crippen molar-refractivity contribution in [3.63, 3.8) is 0 Å². The van der Waals surface area contributed by atoms with Crippen LogP contribution in [0.4, 0.5) is 0 Å². The Bertz CT molecular complexity index is 1050. The summed E-state index contributed by atoms with van der Waals surface area (Å²) in [7, 11) is 4.76. The molecule has 0 saturated carbocycles. The lowest BCUT2D eigenvalue weighted by Crippen LogP contribution is -2.37. The molecule has 0 unspecified atom stereocenters. The van der Waals surface area contributed by atoms with Gasteiger partial charge in [0.25, 0.3) is 5.56 Å². The van der Waals surface area contributed by atoms with Crippen LogP contribution in [0.3, 0.4) is 0 Å². The Kier molecular flexibility index (Phi) is 2.95. The van der Waals surface area contributed by atoms with E-state index in [-0.39, 0.29) is 5.56 Å². The van der Waals surface area contributed by atoms with Gasteiger partial charge in [0.1, 0.15) is 5.82 Å². The third kappa shape index (κ3) is 1.78. The first-order valence-electron chi connectivity index (χ1n) is 6.58. The molecule has 0 bridgehead atoms. The fourth-order valence-corrected chi connectivity index (χ4v) is 2.47. The minimum Gasteiger partial charge on any atom is -0.321 e. The molecule has 2 heterocycles. The molecule has 3 aromatic rings. The third-order valence-electron chi connectivity index (χ3n) is 3.75. The van der Waals surface area contributed by atoms with E-state index in [0.29, 0.717) is 22.6 Å². The Balaban J connectivity index is 2.38. The molecule has 0 saturated heterocycles. The smallest absolute Gasteiger partial charge is 0.321 e. The maximum absolute atomic E-state index is 12.3. The Labute approximate surface area is 125 Å². The number of imidazole rings is 1. The van der Waals surface area contributed by atoms with E-state index in [9.17, 15) is 9.59 Å². The second-order valence-corrected chi connectivity index (χ2v) is 5.06. The molecule has 0 aliphatic rings. The predicted octanol–water partition coefficient (Wildman–Crippen LogP) is 0.509. The number of hydrogen-bond donors (Lipinski definition) is 0. The summed E-state index contributed by atoms with van der Waals surface area (Å²) in [6, 6.07) is 8.96. The number of benzene rings is 1. The van der Waals surface area contributed by atoms with Crippen LogP contribution in [0.5, 0.6) is 0 Å². The fourth-order valence-electron chi connectivity index (χ4n) is 2.47. The molecule has 22 heavy (non-hydrogen) atoms. The molecule has 0 N–H and O–H groups in total. The molecule has 2 aromatic heterocycles. The lowest BCUT2D eigenvalue weighted by atomic mass is 10.1. The zero-order valence-corrected chi connectivity index (χ0v) is 12.4. The minimum atomic E-state index is -0.415. The first kappa shape index (κ1) is 13.8. The Morgan fingerprint density at radius 3 is 2.23 bits per heavy atom. The van der Waals surface area contributed by atoms with Gasteiger partial charge in [0, 0.05) is 26.7 Å². The van der Waals surface area contributed by atoms with Crippen molar-refractivity contribution >= 4 is 11.2 Å². The zero-order chi connectivity index (χ0) is 16.0. The topological polar surface area (TPSA) is 85.6 Å². The molecule has 0 aliphatic heterocycles. The van der Waals surface area contributed by atoms with Crippen molar-refractivity contribution in [2.45, 2.75) is 0 Å². The van der Waals surface area contributed by atoms with Gasteiger partial charge >= 0.3 is 5.69 Å². The van der Waals surface area contributed by atoms with Gasteiger partial charge in [-0.05, 0) is 24.3 Å². The van der Waals surface area contributed by atoms with Gasteiger partial charge in [-0.15, -0.1) is 0 Å². The summed E-state index contributed by atoms with van der Waals surface area (Å²) < 4.78 is 4.08. The van der Waals surface area contributed by atoms with Crippen molar-refractivity contribution in [3.05, 3.63) is 50.7 Å². The number of hydrogen-bond acceptors (Lipinski definition) is 4. The summed E-state index contributed by atoms with van der Waals surface area (Å²) in [5.41, 5.74) is 1.23. The summed E-state index contributed by atoms with van der Waals surface area (Å²) in [4.78, 5) is 28.7. The maximum atomic E-state index is 12.3. The standard InChI is InChI=1S/C15H13N5O2/c1-18-11-13(19(2)15(22)20(3)14(11)21)17-12(18)10-6-4-9(8-16)5-7-10/h4-7H,1-3H3. The van der Waals surface area contributed by atoms with Crippen LogP contribution >= 0.6 is 0 Å². The molecular weight excluding hydrogens is 282 g/mol. The number of aryl methyl sites for hydroxylation is 2. The summed E-state index contributed by atoms with van der Waals surface area (Å²) in [6.07, 6.45) is 0. The molecule has 7 nitrogen and oxygen atoms in total. The van der Waals surface area contributed by atoms with Gasteiger partial charge in [-0.1, -0.05) is 0 Å². The van der Waals surface area contributed by atoms with Crippen molar-refractivity contribution in [2.75, 3.05) is 0 Å². The molecular formula is C15H13N5O2. The maximum Gasteiger partial charge on any atom is 0.332 e. The van der Waals surface area contributed by atoms with Crippen LogP contribution in [-0.2, 0) is 21.1 Å². The van der Waals surface area contributed by atoms with Crippen molar-refractivity contribution < 1.29 is 0 Å². The van der Waals surface area contributed by atoms with Crippen molar-refractivity contribution in [1.29, 1.82) is 5.26 Å². The number of aromatic nitrogens is 4. The second-order valence-electron chi connectivity index (χ2n) is 5.06.